The molecule has 0 saturated carbocycles. The zero-order valence-corrected chi connectivity index (χ0v) is 11.9. The van der Waals surface area contributed by atoms with Gasteiger partial charge in [-0.3, -0.25) is 0 Å². The van der Waals surface area contributed by atoms with Crippen molar-refractivity contribution >= 4 is 0 Å². The molecule has 0 heterocycles. The summed E-state index contributed by atoms with van der Waals surface area (Å²) in [4.78, 5) is 0. The predicted molar refractivity (Wildman–Crippen MR) is 80.2 cm³/mol. The molecule has 2 aromatic carbocycles. The molecule has 0 bridgehead atoms. The van der Waals surface area contributed by atoms with Gasteiger partial charge in [0.25, 0.3) is 0 Å². The third kappa shape index (κ3) is 3.46. The average molecular weight is 265 g/mol. The van der Waals surface area contributed by atoms with Crippen LogP contribution in [-0.2, 0) is 6.42 Å². The van der Waals surface area contributed by atoms with Crippen LogP contribution in [0.3, 0.4) is 0 Å². The van der Waals surface area contributed by atoms with Crippen molar-refractivity contribution in [2.45, 2.75) is 26.4 Å². The van der Waals surface area contributed by atoms with Crippen LogP contribution in [0.1, 0.15) is 42.2 Å². The molecular weight excluding hydrogens is 246 g/mol. The topological polar surface area (TPSA) is 44.0 Å². The second-order valence-corrected chi connectivity index (χ2v) is 5.48. The lowest BCUT2D eigenvalue weighted by molar-refractivity contribution is 0.220. The second-order valence-electron chi connectivity index (χ2n) is 5.48. The molecule has 0 aliphatic heterocycles. The molecule has 0 saturated heterocycles. The zero-order valence-electron chi connectivity index (χ0n) is 11.9. The molecule has 1 unspecified atom stereocenters. The van der Waals surface area contributed by atoms with Crippen LogP contribution >= 0.6 is 0 Å². The lowest BCUT2D eigenvalue weighted by Gasteiger charge is -2.14. The first-order valence-electron chi connectivity index (χ1n) is 6.87. The number of rotatable bonds is 4. The summed E-state index contributed by atoms with van der Waals surface area (Å²) in [7, 11) is 0. The maximum Gasteiger partial charge on any atom is 0.104 e. The number of hydrogen-bond donors (Lipinski definition) is 1. The molecule has 2 rings (SSSR count). The van der Waals surface area contributed by atoms with Gasteiger partial charge in [-0.2, -0.15) is 5.26 Å². The maximum absolute atomic E-state index is 10.5. The quantitative estimate of drug-likeness (QED) is 0.912. The van der Waals surface area contributed by atoms with Crippen LogP contribution in [0, 0.1) is 17.2 Å². The van der Waals surface area contributed by atoms with Gasteiger partial charge in [0, 0.05) is 0 Å². The molecule has 2 heteroatoms. The third-order valence-corrected chi connectivity index (χ3v) is 3.24. The summed E-state index contributed by atoms with van der Waals surface area (Å²) in [6, 6.07) is 17.3. The van der Waals surface area contributed by atoms with E-state index in [9.17, 15) is 5.11 Å². The Morgan fingerprint density at radius 1 is 1.05 bits per heavy atom. The minimum Gasteiger partial charge on any atom is -0.384 e. The van der Waals surface area contributed by atoms with Crippen LogP contribution in [0.4, 0.5) is 0 Å². The van der Waals surface area contributed by atoms with Crippen LogP contribution < -0.4 is 0 Å². The Morgan fingerprint density at radius 3 is 2.35 bits per heavy atom. The van der Waals surface area contributed by atoms with Crippen molar-refractivity contribution in [2.75, 3.05) is 0 Å². The molecule has 2 nitrogen and oxygen atoms in total. The van der Waals surface area contributed by atoms with Gasteiger partial charge in [-0.15, -0.1) is 0 Å². The van der Waals surface area contributed by atoms with Crippen molar-refractivity contribution in [3.63, 3.8) is 0 Å². The Labute approximate surface area is 120 Å². The SMILES string of the molecule is CC(C)Cc1cccc(C(O)c2cccc(C#N)c2)c1. The summed E-state index contributed by atoms with van der Waals surface area (Å²) in [6.07, 6.45) is 0.314. The highest BCUT2D eigenvalue weighted by atomic mass is 16.3. The lowest BCUT2D eigenvalue weighted by atomic mass is 9.96. The van der Waals surface area contributed by atoms with Gasteiger partial charge in [0.05, 0.1) is 11.6 Å². The number of aliphatic hydroxyl groups excluding tert-OH is 1. The Balaban J connectivity index is 2.28. The predicted octanol–water partition coefficient (Wildman–Crippen LogP) is 3.84. The molecule has 1 N–H and O–H groups in total. The summed E-state index contributed by atoms with van der Waals surface area (Å²) in [6.45, 7) is 4.36. The number of aliphatic hydroxyl groups is 1. The molecule has 0 aromatic heterocycles. The van der Waals surface area contributed by atoms with Crippen LogP contribution in [0.2, 0.25) is 0 Å². The third-order valence-electron chi connectivity index (χ3n) is 3.24. The van der Waals surface area contributed by atoms with Crippen LogP contribution in [0.25, 0.3) is 0 Å². The lowest BCUT2D eigenvalue weighted by Crippen LogP contribution is -2.02. The standard InChI is InChI=1S/C18H19NO/c1-13(2)9-14-5-3-7-16(10-14)18(20)17-8-4-6-15(11-17)12-19/h3-8,10-11,13,18,20H,9H2,1-2H3. The first-order valence-corrected chi connectivity index (χ1v) is 6.87. The van der Waals surface area contributed by atoms with Gasteiger partial charge >= 0.3 is 0 Å². The normalized spacial score (nSPS) is 12.2. The van der Waals surface area contributed by atoms with E-state index in [2.05, 4.69) is 26.0 Å². The van der Waals surface area contributed by atoms with E-state index in [1.807, 2.05) is 24.3 Å². The molecule has 2 aromatic rings. The van der Waals surface area contributed by atoms with Crippen molar-refractivity contribution in [1.29, 1.82) is 5.26 Å². The van der Waals surface area contributed by atoms with E-state index in [-0.39, 0.29) is 0 Å². The van der Waals surface area contributed by atoms with E-state index >= 15 is 0 Å². The van der Waals surface area contributed by atoms with Gasteiger partial charge in [0.2, 0.25) is 0 Å². The molecule has 0 spiro atoms. The highest BCUT2D eigenvalue weighted by Gasteiger charge is 2.11. The van der Waals surface area contributed by atoms with E-state index in [1.54, 1.807) is 18.2 Å². The summed E-state index contributed by atoms with van der Waals surface area (Å²) in [5.41, 5.74) is 3.43. The Morgan fingerprint density at radius 2 is 1.70 bits per heavy atom. The van der Waals surface area contributed by atoms with E-state index in [0.717, 1.165) is 17.5 Å². The summed E-state index contributed by atoms with van der Waals surface area (Å²) in [5, 5.41) is 19.4. The average Bonchev–Trinajstić information content (AvgIpc) is 2.46. The maximum atomic E-state index is 10.5. The smallest absolute Gasteiger partial charge is 0.104 e. The van der Waals surface area contributed by atoms with Gasteiger partial charge in [0.1, 0.15) is 6.10 Å². The first kappa shape index (κ1) is 14.3. The summed E-state index contributed by atoms with van der Waals surface area (Å²) < 4.78 is 0. The molecule has 0 amide bonds. The monoisotopic (exact) mass is 265 g/mol. The molecular formula is C18H19NO. The van der Waals surface area contributed by atoms with Gasteiger partial charge in [-0.25, -0.2) is 0 Å². The van der Waals surface area contributed by atoms with Crippen molar-refractivity contribution in [1.82, 2.24) is 0 Å². The Hall–Kier alpha value is -2.11. The largest absolute Gasteiger partial charge is 0.384 e. The molecule has 0 aliphatic carbocycles. The van der Waals surface area contributed by atoms with Crippen LogP contribution in [0.15, 0.2) is 48.5 Å². The van der Waals surface area contributed by atoms with Gasteiger partial charge < -0.3 is 5.11 Å². The van der Waals surface area contributed by atoms with Crippen molar-refractivity contribution in [3.05, 3.63) is 70.8 Å². The van der Waals surface area contributed by atoms with Crippen molar-refractivity contribution in [3.8, 4) is 6.07 Å². The number of nitriles is 1. The van der Waals surface area contributed by atoms with Crippen molar-refractivity contribution in [2.24, 2.45) is 5.92 Å². The van der Waals surface area contributed by atoms with Crippen LogP contribution in [0.5, 0.6) is 0 Å². The minimum atomic E-state index is -0.685. The van der Waals surface area contributed by atoms with Gasteiger partial charge in [0.15, 0.2) is 0 Å². The van der Waals surface area contributed by atoms with E-state index in [1.165, 1.54) is 5.56 Å². The van der Waals surface area contributed by atoms with E-state index in [0.29, 0.717) is 11.5 Å². The number of hydrogen-bond acceptors (Lipinski definition) is 2. The molecule has 0 radical (unpaired) electrons. The summed E-state index contributed by atoms with van der Waals surface area (Å²) >= 11 is 0. The fraction of sp³-hybridized carbons (Fsp3) is 0.278. The molecule has 0 fully saturated rings. The van der Waals surface area contributed by atoms with Gasteiger partial charge in [-0.1, -0.05) is 50.2 Å². The fourth-order valence-corrected chi connectivity index (χ4v) is 2.33. The highest BCUT2D eigenvalue weighted by molar-refractivity contribution is 5.38. The number of benzene rings is 2. The highest BCUT2D eigenvalue weighted by Crippen LogP contribution is 2.24. The van der Waals surface area contributed by atoms with Crippen molar-refractivity contribution < 1.29 is 5.11 Å². The minimum absolute atomic E-state index is 0.569. The summed E-state index contributed by atoms with van der Waals surface area (Å²) in [5.74, 6) is 0.587. The van der Waals surface area contributed by atoms with Gasteiger partial charge in [-0.05, 0) is 41.2 Å². The molecule has 102 valence electrons. The molecule has 0 aliphatic rings. The van der Waals surface area contributed by atoms with E-state index < -0.39 is 6.10 Å². The molecule has 1 atom stereocenters. The Kier molecular flexibility index (Phi) is 4.55. The van der Waals surface area contributed by atoms with E-state index in [4.69, 9.17) is 5.26 Å². The fourth-order valence-electron chi connectivity index (χ4n) is 2.33. The molecule has 20 heavy (non-hydrogen) atoms. The zero-order chi connectivity index (χ0) is 14.5. The number of nitrogens with zero attached hydrogens (tertiary/aromatic N) is 1. The Bertz CT molecular complexity index is 625. The second kappa shape index (κ2) is 6.36. The first-order chi connectivity index (χ1) is 9.60. The van der Waals surface area contributed by atoms with Crippen LogP contribution in [-0.4, -0.2) is 5.11 Å².